The van der Waals surface area contributed by atoms with Crippen LogP contribution < -0.4 is 4.74 Å². The first-order valence-corrected chi connectivity index (χ1v) is 5.51. The van der Waals surface area contributed by atoms with Gasteiger partial charge >= 0.3 is 0 Å². The average molecular weight is 244 g/mol. The van der Waals surface area contributed by atoms with Crippen molar-refractivity contribution in [2.75, 3.05) is 0 Å². The van der Waals surface area contributed by atoms with Crippen molar-refractivity contribution in [3.63, 3.8) is 0 Å². The highest BCUT2D eigenvalue weighted by Gasteiger charge is 2.03. The van der Waals surface area contributed by atoms with E-state index in [4.69, 9.17) is 21.6 Å². The van der Waals surface area contributed by atoms with Crippen LogP contribution in [0.25, 0.3) is 0 Å². The van der Waals surface area contributed by atoms with E-state index in [-0.39, 0.29) is 0 Å². The zero-order valence-corrected chi connectivity index (χ0v) is 10.0. The number of aryl methyl sites for hydroxylation is 1. The van der Waals surface area contributed by atoms with Crippen molar-refractivity contribution in [3.05, 3.63) is 58.6 Å². The van der Waals surface area contributed by atoms with Gasteiger partial charge in [0.25, 0.3) is 0 Å². The Morgan fingerprint density at radius 1 is 1.12 bits per heavy atom. The second-order valence-corrected chi connectivity index (χ2v) is 4.08. The molecule has 0 atom stereocenters. The Balaban J connectivity index is 2.23. The van der Waals surface area contributed by atoms with Gasteiger partial charge in [0, 0.05) is 0 Å². The molecule has 0 radical (unpaired) electrons. The van der Waals surface area contributed by atoms with E-state index < -0.39 is 0 Å². The van der Waals surface area contributed by atoms with Gasteiger partial charge < -0.3 is 4.74 Å². The minimum absolute atomic E-state index is 0.578. The first-order chi connectivity index (χ1) is 8.19. The summed E-state index contributed by atoms with van der Waals surface area (Å²) in [7, 11) is 0. The molecule has 0 N–H and O–H groups in total. The normalized spacial score (nSPS) is 9.71. The summed E-state index contributed by atoms with van der Waals surface area (Å²) in [6.07, 6.45) is 0. The van der Waals surface area contributed by atoms with Crippen LogP contribution in [0.3, 0.4) is 0 Å². The molecule has 0 bridgehead atoms. The third kappa shape index (κ3) is 2.77. The maximum absolute atomic E-state index is 8.68. The van der Waals surface area contributed by atoms with E-state index in [1.807, 2.05) is 25.1 Å². The number of ether oxygens (including phenoxy) is 1. The Kier molecular flexibility index (Phi) is 3.32. The van der Waals surface area contributed by atoms with Crippen LogP contribution in [-0.2, 0) is 0 Å². The number of hydrogen-bond donors (Lipinski definition) is 0. The molecule has 2 aromatic carbocycles. The second kappa shape index (κ2) is 4.90. The van der Waals surface area contributed by atoms with Crippen molar-refractivity contribution in [1.82, 2.24) is 0 Å². The average Bonchev–Trinajstić information content (AvgIpc) is 2.34. The molecule has 0 aliphatic heterocycles. The highest BCUT2D eigenvalue weighted by Crippen LogP contribution is 2.29. The summed E-state index contributed by atoms with van der Waals surface area (Å²) in [6, 6.07) is 14.6. The first-order valence-electron chi connectivity index (χ1n) is 5.13. The number of halogens is 1. The molecule has 0 aromatic heterocycles. The van der Waals surface area contributed by atoms with Crippen LogP contribution in [0.4, 0.5) is 0 Å². The molecule has 3 heteroatoms. The van der Waals surface area contributed by atoms with E-state index in [9.17, 15) is 0 Å². The highest BCUT2D eigenvalue weighted by molar-refractivity contribution is 6.32. The van der Waals surface area contributed by atoms with Gasteiger partial charge in [0.05, 0.1) is 16.7 Å². The zero-order valence-electron chi connectivity index (χ0n) is 9.27. The summed E-state index contributed by atoms with van der Waals surface area (Å²) in [4.78, 5) is 0. The molecule has 0 amide bonds. The summed E-state index contributed by atoms with van der Waals surface area (Å²) in [5.74, 6) is 1.27. The molecule has 2 rings (SSSR count). The number of nitriles is 1. The van der Waals surface area contributed by atoms with Gasteiger partial charge in [0.1, 0.15) is 11.5 Å². The Bertz CT molecular complexity index is 570. The number of rotatable bonds is 2. The van der Waals surface area contributed by atoms with Crippen molar-refractivity contribution >= 4 is 11.6 Å². The topological polar surface area (TPSA) is 33.0 Å². The number of benzene rings is 2. The molecule has 0 aliphatic carbocycles. The molecule has 0 spiro atoms. The van der Waals surface area contributed by atoms with E-state index in [0.29, 0.717) is 22.1 Å². The zero-order chi connectivity index (χ0) is 12.3. The smallest absolute Gasteiger partial charge is 0.146 e. The lowest BCUT2D eigenvalue weighted by Gasteiger charge is -2.07. The van der Waals surface area contributed by atoms with Crippen molar-refractivity contribution in [3.8, 4) is 17.6 Å². The minimum atomic E-state index is 0.578. The molecule has 2 aromatic rings. The lowest BCUT2D eigenvalue weighted by Crippen LogP contribution is -1.86. The molecule has 0 unspecified atom stereocenters. The summed E-state index contributed by atoms with van der Waals surface area (Å²) < 4.78 is 5.62. The van der Waals surface area contributed by atoms with Crippen molar-refractivity contribution in [1.29, 1.82) is 5.26 Å². The maximum Gasteiger partial charge on any atom is 0.146 e. The largest absolute Gasteiger partial charge is 0.456 e. The van der Waals surface area contributed by atoms with Gasteiger partial charge in [0.2, 0.25) is 0 Å². The molecule has 0 saturated carbocycles. The Morgan fingerprint density at radius 3 is 2.41 bits per heavy atom. The van der Waals surface area contributed by atoms with Crippen LogP contribution in [0, 0.1) is 18.3 Å². The van der Waals surface area contributed by atoms with E-state index in [2.05, 4.69) is 6.07 Å². The number of nitrogens with zero attached hydrogens (tertiary/aromatic N) is 1. The highest BCUT2D eigenvalue weighted by atomic mass is 35.5. The van der Waals surface area contributed by atoms with Crippen LogP contribution >= 0.6 is 11.6 Å². The SMILES string of the molecule is Cc1ccc(Oc2ccc(C#N)cc2)c(Cl)c1. The number of hydrogen-bond acceptors (Lipinski definition) is 2. The molecule has 0 fully saturated rings. The summed E-state index contributed by atoms with van der Waals surface area (Å²) in [5.41, 5.74) is 1.69. The third-order valence-corrected chi connectivity index (χ3v) is 2.59. The van der Waals surface area contributed by atoms with Gasteiger partial charge in [-0.2, -0.15) is 5.26 Å². The molecule has 0 saturated heterocycles. The monoisotopic (exact) mass is 243 g/mol. The van der Waals surface area contributed by atoms with Crippen LogP contribution in [0.15, 0.2) is 42.5 Å². The maximum atomic E-state index is 8.68. The Labute approximate surface area is 105 Å². The molecular formula is C14H10ClNO. The molecular weight excluding hydrogens is 234 g/mol. The van der Waals surface area contributed by atoms with Gasteiger partial charge in [0.15, 0.2) is 0 Å². The lowest BCUT2D eigenvalue weighted by molar-refractivity contribution is 0.483. The van der Waals surface area contributed by atoms with Gasteiger partial charge in [-0.1, -0.05) is 17.7 Å². The van der Waals surface area contributed by atoms with Gasteiger partial charge in [-0.15, -0.1) is 0 Å². The molecule has 0 heterocycles. The predicted octanol–water partition coefficient (Wildman–Crippen LogP) is 4.31. The first kappa shape index (κ1) is 11.5. The van der Waals surface area contributed by atoms with Crippen LogP contribution in [0.1, 0.15) is 11.1 Å². The fraction of sp³-hybridized carbons (Fsp3) is 0.0714. The van der Waals surface area contributed by atoms with Crippen molar-refractivity contribution in [2.24, 2.45) is 0 Å². The minimum Gasteiger partial charge on any atom is -0.456 e. The fourth-order valence-corrected chi connectivity index (χ4v) is 1.69. The Morgan fingerprint density at radius 2 is 1.82 bits per heavy atom. The summed E-state index contributed by atoms with van der Waals surface area (Å²) >= 11 is 6.06. The predicted molar refractivity (Wildman–Crippen MR) is 67.4 cm³/mol. The lowest BCUT2D eigenvalue weighted by atomic mass is 10.2. The molecule has 84 valence electrons. The fourth-order valence-electron chi connectivity index (χ4n) is 1.41. The van der Waals surface area contributed by atoms with Crippen LogP contribution in [-0.4, -0.2) is 0 Å². The van der Waals surface area contributed by atoms with E-state index in [1.165, 1.54) is 0 Å². The van der Waals surface area contributed by atoms with E-state index in [0.717, 1.165) is 5.56 Å². The molecule has 17 heavy (non-hydrogen) atoms. The molecule has 0 aliphatic rings. The third-order valence-electron chi connectivity index (χ3n) is 2.30. The quantitative estimate of drug-likeness (QED) is 0.787. The van der Waals surface area contributed by atoms with Gasteiger partial charge in [-0.3, -0.25) is 0 Å². The van der Waals surface area contributed by atoms with Crippen molar-refractivity contribution < 1.29 is 4.74 Å². The standard InChI is InChI=1S/C14H10ClNO/c1-10-2-7-14(13(15)8-10)17-12-5-3-11(9-16)4-6-12/h2-8H,1H3. The van der Waals surface area contributed by atoms with E-state index in [1.54, 1.807) is 24.3 Å². The van der Waals surface area contributed by atoms with Crippen LogP contribution in [0.2, 0.25) is 5.02 Å². The van der Waals surface area contributed by atoms with Crippen molar-refractivity contribution in [2.45, 2.75) is 6.92 Å². The summed E-state index contributed by atoms with van der Waals surface area (Å²) in [5, 5.41) is 9.26. The van der Waals surface area contributed by atoms with Gasteiger partial charge in [-0.25, -0.2) is 0 Å². The Hall–Kier alpha value is -1.98. The van der Waals surface area contributed by atoms with Gasteiger partial charge in [-0.05, 0) is 48.9 Å². The second-order valence-electron chi connectivity index (χ2n) is 3.67. The van der Waals surface area contributed by atoms with Crippen LogP contribution in [0.5, 0.6) is 11.5 Å². The summed E-state index contributed by atoms with van der Waals surface area (Å²) in [6.45, 7) is 1.97. The van der Waals surface area contributed by atoms with E-state index >= 15 is 0 Å². The molecule has 2 nitrogen and oxygen atoms in total.